The monoisotopic (exact) mass is 194 g/mol. The first kappa shape index (κ1) is 10.4. The first-order valence-corrected chi connectivity index (χ1v) is 5.38. The molecular formula is C11H15OP. The van der Waals surface area contributed by atoms with E-state index in [-0.39, 0.29) is 0 Å². The zero-order valence-electron chi connectivity index (χ0n) is 7.70. The molecule has 0 amide bonds. The molecule has 13 heavy (non-hydrogen) atoms. The fourth-order valence-electron chi connectivity index (χ4n) is 0.940. The summed E-state index contributed by atoms with van der Waals surface area (Å²) < 4.78 is 5.50. The van der Waals surface area contributed by atoms with Crippen LogP contribution >= 0.6 is 8.81 Å². The van der Waals surface area contributed by atoms with Crippen molar-refractivity contribution in [1.82, 2.24) is 0 Å². The molecule has 0 N–H and O–H groups in total. The van der Waals surface area contributed by atoms with Crippen molar-refractivity contribution in [2.75, 3.05) is 6.61 Å². The fourth-order valence-corrected chi connectivity index (χ4v) is 1.68. The topological polar surface area (TPSA) is 9.23 Å². The van der Waals surface area contributed by atoms with Crippen LogP contribution in [0.15, 0.2) is 43.0 Å². The highest BCUT2D eigenvalue weighted by atomic mass is 31.1. The quantitative estimate of drug-likeness (QED) is 0.384. The highest BCUT2D eigenvalue weighted by molar-refractivity contribution is 7.41. The van der Waals surface area contributed by atoms with Gasteiger partial charge >= 0.3 is 0 Å². The highest BCUT2D eigenvalue weighted by Crippen LogP contribution is 2.11. The van der Waals surface area contributed by atoms with E-state index >= 15 is 0 Å². The molecule has 0 radical (unpaired) electrons. The summed E-state index contributed by atoms with van der Waals surface area (Å²) in [6, 6.07) is 10.3. The lowest BCUT2D eigenvalue weighted by Gasteiger charge is -2.01. The zero-order chi connectivity index (χ0) is 9.36. The molecule has 0 aliphatic heterocycles. The maximum Gasteiger partial charge on any atom is 0.0512 e. The van der Waals surface area contributed by atoms with Crippen LogP contribution in [0.3, 0.4) is 0 Å². The number of allylic oxidation sites excluding steroid dienone is 1. The van der Waals surface area contributed by atoms with E-state index in [2.05, 4.69) is 18.7 Å². The van der Waals surface area contributed by atoms with Gasteiger partial charge in [-0.3, -0.25) is 0 Å². The second kappa shape index (κ2) is 6.82. The molecule has 1 rings (SSSR count). The summed E-state index contributed by atoms with van der Waals surface area (Å²) in [6.07, 6.45) is 4.04. The normalized spacial score (nSPS) is 10.8. The standard InChI is InChI=1S/C11H15OP/c1-2-3-7-10-12-13-11-8-5-4-6-9-11/h2,4-6,8-9,13H,1,3,7,10H2. The van der Waals surface area contributed by atoms with E-state index in [4.69, 9.17) is 4.52 Å². The van der Waals surface area contributed by atoms with E-state index < -0.39 is 0 Å². The summed E-state index contributed by atoms with van der Waals surface area (Å²) in [6.45, 7) is 4.50. The maximum absolute atomic E-state index is 5.50. The van der Waals surface area contributed by atoms with Crippen LogP contribution in [0.1, 0.15) is 12.8 Å². The van der Waals surface area contributed by atoms with Crippen LogP contribution in [0.4, 0.5) is 0 Å². The Hall–Kier alpha value is -0.650. The van der Waals surface area contributed by atoms with Crippen molar-refractivity contribution in [2.24, 2.45) is 0 Å². The minimum absolute atomic E-state index is 0.481. The summed E-state index contributed by atoms with van der Waals surface area (Å²) in [4.78, 5) is 0. The van der Waals surface area contributed by atoms with Crippen LogP contribution in [-0.4, -0.2) is 6.61 Å². The molecule has 1 aromatic rings. The van der Waals surface area contributed by atoms with Crippen LogP contribution in [0, 0.1) is 0 Å². The third-order valence-electron chi connectivity index (χ3n) is 1.62. The molecule has 70 valence electrons. The Morgan fingerprint density at radius 3 is 2.77 bits per heavy atom. The molecule has 0 heterocycles. The van der Waals surface area contributed by atoms with Crippen molar-refractivity contribution >= 4 is 14.1 Å². The van der Waals surface area contributed by atoms with Crippen LogP contribution in [0.5, 0.6) is 0 Å². The Morgan fingerprint density at radius 2 is 2.08 bits per heavy atom. The molecule has 1 nitrogen and oxygen atoms in total. The van der Waals surface area contributed by atoms with E-state index in [0.29, 0.717) is 8.81 Å². The average Bonchev–Trinajstić information content (AvgIpc) is 2.19. The molecule has 1 unspecified atom stereocenters. The van der Waals surface area contributed by atoms with Crippen LogP contribution in [0.25, 0.3) is 0 Å². The highest BCUT2D eigenvalue weighted by Gasteiger charge is 1.90. The number of rotatable bonds is 6. The van der Waals surface area contributed by atoms with E-state index in [9.17, 15) is 0 Å². The molecule has 1 aromatic carbocycles. The van der Waals surface area contributed by atoms with Crippen LogP contribution in [0.2, 0.25) is 0 Å². The minimum atomic E-state index is 0.481. The molecule has 0 aromatic heterocycles. The lowest BCUT2D eigenvalue weighted by atomic mass is 10.3. The Balaban J connectivity index is 2.10. The fraction of sp³-hybridized carbons (Fsp3) is 0.273. The van der Waals surface area contributed by atoms with E-state index in [0.717, 1.165) is 19.4 Å². The predicted octanol–water partition coefficient (Wildman–Crippen LogP) is 2.89. The van der Waals surface area contributed by atoms with Gasteiger partial charge in [0.15, 0.2) is 0 Å². The smallest absolute Gasteiger partial charge is 0.0512 e. The molecule has 2 heteroatoms. The van der Waals surface area contributed by atoms with Gasteiger partial charge < -0.3 is 4.52 Å². The van der Waals surface area contributed by atoms with Crippen molar-refractivity contribution in [3.63, 3.8) is 0 Å². The summed E-state index contributed by atoms with van der Waals surface area (Å²) in [5.41, 5.74) is 0. The average molecular weight is 194 g/mol. The third kappa shape index (κ3) is 4.82. The summed E-state index contributed by atoms with van der Waals surface area (Å²) in [5.74, 6) is 0. The molecule has 0 saturated carbocycles. The lowest BCUT2D eigenvalue weighted by molar-refractivity contribution is 0.359. The Bertz CT molecular complexity index is 233. The first-order chi connectivity index (χ1) is 6.43. The number of hydrogen-bond donors (Lipinski definition) is 0. The number of unbranched alkanes of at least 4 members (excludes halogenated alkanes) is 1. The van der Waals surface area contributed by atoms with Gasteiger partial charge in [-0.15, -0.1) is 6.58 Å². The van der Waals surface area contributed by atoms with Gasteiger partial charge in [-0.25, -0.2) is 0 Å². The van der Waals surface area contributed by atoms with E-state index in [1.807, 2.05) is 24.3 Å². The SMILES string of the molecule is C=CCCCOPc1ccccc1. The Labute approximate surface area is 81.7 Å². The van der Waals surface area contributed by atoms with Crippen molar-refractivity contribution in [3.05, 3.63) is 43.0 Å². The van der Waals surface area contributed by atoms with E-state index in [1.165, 1.54) is 5.30 Å². The van der Waals surface area contributed by atoms with Gasteiger partial charge in [0.2, 0.25) is 0 Å². The van der Waals surface area contributed by atoms with Crippen molar-refractivity contribution in [3.8, 4) is 0 Å². The van der Waals surface area contributed by atoms with Crippen LogP contribution < -0.4 is 5.30 Å². The van der Waals surface area contributed by atoms with Crippen molar-refractivity contribution in [2.45, 2.75) is 12.8 Å². The predicted molar refractivity (Wildman–Crippen MR) is 59.8 cm³/mol. The van der Waals surface area contributed by atoms with Gasteiger partial charge in [-0.05, 0) is 18.1 Å². The zero-order valence-corrected chi connectivity index (χ0v) is 8.70. The summed E-state index contributed by atoms with van der Waals surface area (Å²) in [7, 11) is 0.481. The summed E-state index contributed by atoms with van der Waals surface area (Å²) in [5, 5.41) is 1.26. The second-order valence-corrected chi connectivity index (χ2v) is 3.82. The molecule has 0 fully saturated rings. The van der Waals surface area contributed by atoms with Crippen molar-refractivity contribution in [1.29, 1.82) is 0 Å². The largest absolute Gasteiger partial charge is 0.358 e. The van der Waals surface area contributed by atoms with Crippen LogP contribution in [-0.2, 0) is 4.52 Å². The third-order valence-corrected chi connectivity index (χ3v) is 2.54. The molecule has 0 saturated heterocycles. The lowest BCUT2D eigenvalue weighted by Crippen LogP contribution is -1.94. The number of hydrogen-bond acceptors (Lipinski definition) is 1. The second-order valence-electron chi connectivity index (χ2n) is 2.75. The van der Waals surface area contributed by atoms with Gasteiger partial charge in [-0.2, -0.15) is 0 Å². The maximum atomic E-state index is 5.50. The molecular weight excluding hydrogens is 179 g/mol. The first-order valence-electron chi connectivity index (χ1n) is 4.47. The minimum Gasteiger partial charge on any atom is -0.358 e. The molecule has 0 spiro atoms. The van der Waals surface area contributed by atoms with Gasteiger partial charge in [-0.1, -0.05) is 36.4 Å². The Kier molecular flexibility index (Phi) is 5.47. The van der Waals surface area contributed by atoms with Gasteiger partial charge in [0.1, 0.15) is 0 Å². The molecule has 0 bridgehead atoms. The molecule has 0 aliphatic rings. The van der Waals surface area contributed by atoms with Gasteiger partial charge in [0, 0.05) is 8.81 Å². The van der Waals surface area contributed by atoms with Gasteiger partial charge in [0.25, 0.3) is 0 Å². The van der Waals surface area contributed by atoms with E-state index in [1.54, 1.807) is 0 Å². The molecule has 0 aliphatic carbocycles. The van der Waals surface area contributed by atoms with Crippen molar-refractivity contribution < 1.29 is 4.52 Å². The summed E-state index contributed by atoms with van der Waals surface area (Å²) >= 11 is 0. The number of benzene rings is 1. The molecule has 1 atom stereocenters. The van der Waals surface area contributed by atoms with Gasteiger partial charge in [0.05, 0.1) is 6.61 Å². The Morgan fingerprint density at radius 1 is 1.31 bits per heavy atom.